The number of aliphatic hydroxyl groups excluding tert-OH is 1. The number of unbranched alkanes of at least 4 members (excludes halogenated alkanes) is 4. The number of hydrogen-bond acceptors (Lipinski definition) is 5. The average Bonchev–Trinajstić information content (AvgIpc) is 3.14. The highest BCUT2D eigenvalue weighted by Gasteiger charge is 2.36. The number of ether oxygens (including phenoxy) is 2. The van der Waals surface area contributed by atoms with Gasteiger partial charge in [0.15, 0.2) is 0 Å². The van der Waals surface area contributed by atoms with Gasteiger partial charge in [-0.3, -0.25) is 0 Å². The zero-order valence-electron chi connectivity index (χ0n) is 33.9. The SMILES string of the molecule is C=C(C)C(=O)OCc1cc(C2CCC(C3CCC(C4CCC(CCCCC)CC4)CC3)CC2)cc(COC(=O)C(=C)C)c1[Si](C)(C)CCCCCO. The van der Waals surface area contributed by atoms with Crippen LogP contribution in [0.2, 0.25) is 19.1 Å². The first kappa shape index (κ1) is 42.6. The van der Waals surface area contributed by atoms with Crippen molar-refractivity contribution in [1.82, 2.24) is 0 Å². The predicted molar refractivity (Wildman–Crippen MR) is 218 cm³/mol. The molecule has 0 atom stereocenters. The number of hydrogen-bond donors (Lipinski definition) is 1. The second kappa shape index (κ2) is 21.1. The van der Waals surface area contributed by atoms with E-state index in [-0.39, 0.29) is 31.8 Å². The van der Waals surface area contributed by atoms with Crippen molar-refractivity contribution in [3.05, 3.63) is 53.1 Å². The highest BCUT2D eigenvalue weighted by molar-refractivity contribution is 6.90. The molecule has 3 saturated carbocycles. The van der Waals surface area contributed by atoms with E-state index >= 15 is 0 Å². The number of aliphatic hydroxyl groups is 1. The molecule has 1 aromatic rings. The summed E-state index contributed by atoms with van der Waals surface area (Å²) in [7, 11) is -2.06. The Morgan fingerprint density at radius 3 is 1.60 bits per heavy atom. The zero-order chi connectivity index (χ0) is 37.7. The first-order valence-electron chi connectivity index (χ1n) is 21.4. The summed E-state index contributed by atoms with van der Waals surface area (Å²) in [4.78, 5) is 25.2. The van der Waals surface area contributed by atoms with E-state index in [9.17, 15) is 14.7 Å². The van der Waals surface area contributed by atoms with Crippen molar-refractivity contribution in [3.8, 4) is 0 Å². The number of carbonyl (C=O) groups is 2. The molecule has 1 aromatic carbocycles. The molecule has 0 aromatic heterocycles. The van der Waals surface area contributed by atoms with Gasteiger partial charge in [0.05, 0.1) is 8.07 Å². The molecule has 3 aliphatic carbocycles. The van der Waals surface area contributed by atoms with E-state index in [4.69, 9.17) is 9.47 Å². The summed E-state index contributed by atoms with van der Waals surface area (Å²) in [5.41, 5.74) is 4.20. The van der Waals surface area contributed by atoms with Gasteiger partial charge in [-0.1, -0.05) is 103 Å². The minimum absolute atomic E-state index is 0.197. The Kier molecular flexibility index (Phi) is 17.2. The molecule has 5 nitrogen and oxygen atoms in total. The highest BCUT2D eigenvalue weighted by Crippen LogP contribution is 2.47. The maximum Gasteiger partial charge on any atom is 0.333 e. The first-order valence-corrected chi connectivity index (χ1v) is 24.6. The normalized spacial score (nSPS) is 25.3. The minimum Gasteiger partial charge on any atom is -0.457 e. The van der Waals surface area contributed by atoms with Gasteiger partial charge in [0, 0.05) is 17.8 Å². The van der Waals surface area contributed by atoms with Crippen molar-refractivity contribution < 1.29 is 24.2 Å². The Bertz CT molecular complexity index is 1260. The Morgan fingerprint density at radius 2 is 1.15 bits per heavy atom. The maximum absolute atomic E-state index is 12.6. The van der Waals surface area contributed by atoms with Gasteiger partial charge in [0.25, 0.3) is 0 Å². The van der Waals surface area contributed by atoms with E-state index in [1.54, 1.807) is 13.8 Å². The molecule has 6 heteroatoms. The lowest BCUT2D eigenvalue weighted by Gasteiger charge is -2.41. The van der Waals surface area contributed by atoms with Crippen molar-refractivity contribution in [2.45, 2.75) is 181 Å². The Morgan fingerprint density at radius 1 is 0.692 bits per heavy atom. The Labute approximate surface area is 318 Å². The summed E-state index contributed by atoms with van der Waals surface area (Å²) in [6.45, 7) is 18.7. The van der Waals surface area contributed by atoms with Gasteiger partial charge in [-0.15, -0.1) is 0 Å². The standard InChI is InChI=1S/C46H74O5Si/c1-8-9-11-14-35-15-17-36(18-16-35)37-19-21-38(22-20-37)39-23-25-40(26-24-39)41-29-42(31-50-45(48)33(2)3)44(52(6,7)28-13-10-12-27-47)43(30-41)32-51-46(49)34(4)5/h29-30,35-40,47H,2,4,8-28,31-32H2,1,3,5-7H3. The van der Waals surface area contributed by atoms with Crippen LogP contribution in [-0.2, 0) is 32.3 Å². The molecule has 292 valence electrons. The lowest BCUT2D eigenvalue weighted by molar-refractivity contribution is -0.140. The van der Waals surface area contributed by atoms with Crippen molar-refractivity contribution >= 4 is 25.2 Å². The van der Waals surface area contributed by atoms with Crippen molar-refractivity contribution in [2.75, 3.05) is 6.61 Å². The van der Waals surface area contributed by atoms with E-state index < -0.39 is 8.07 Å². The molecule has 0 saturated heterocycles. The topological polar surface area (TPSA) is 72.8 Å². The van der Waals surface area contributed by atoms with Gasteiger partial charge in [0.1, 0.15) is 13.2 Å². The number of carbonyl (C=O) groups excluding carboxylic acids is 2. The van der Waals surface area contributed by atoms with Crippen LogP contribution in [0.4, 0.5) is 0 Å². The molecular weight excluding hydrogens is 661 g/mol. The molecule has 3 fully saturated rings. The van der Waals surface area contributed by atoms with Gasteiger partial charge in [-0.2, -0.15) is 0 Å². The van der Waals surface area contributed by atoms with E-state index in [0.717, 1.165) is 66.0 Å². The smallest absolute Gasteiger partial charge is 0.333 e. The maximum atomic E-state index is 12.6. The Balaban J connectivity index is 1.44. The molecule has 0 aliphatic heterocycles. The lowest BCUT2D eigenvalue weighted by atomic mass is 9.64. The van der Waals surface area contributed by atoms with E-state index in [1.807, 2.05) is 0 Å². The minimum atomic E-state index is -2.06. The molecular formula is C46H74O5Si. The van der Waals surface area contributed by atoms with E-state index in [0.29, 0.717) is 17.1 Å². The van der Waals surface area contributed by atoms with Crippen molar-refractivity contribution in [3.63, 3.8) is 0 Å². The third kappa shape index (κ3) is 12.4. The lowest BCUT2D eigenvalue weighted by Crippen LogP contribution is -2.46. The molecule has 0 spiro atoms. The fraction of sp³-hybridized carbons (Fsp3) is 0.739. The number of esters is 2. The molecule has 3 aliphatic rings. The summed E-state index contributed by atoms with van der Waals surface area (Å²) in [5.74, 6) is 4.39. The third-order valence-electron chi connectivity index (χ3n) is 13.4. The Hall–Kier alpha value is -2.18. The van der Waals surface area contributed by atoms with E-state index in [1.165, 1.54) is 113 Å². The van der Waals surface area contributed by atoms with Crippen LogP contribution in [-0.4, -0.2) is 31.7 Å². The van der Waals surface area contributed by atoms with Gasteiger partial charge in [-0.25, -0.2) is 9.59 Å². The number of rotatable bonds is 19. The predicted octanol–water partition coefficient (Wildman–Crippen LogP) is 11.5. The molecule has 0 amide bonds. The van der Waals surface area contributed by atoms with Gasteiger partial charge in [0.2, 0.25) is 0 Å². The summed E-state index contributed by atoms with van der Waals surface area (Å²) < 4.78 is 11.7. The second-order valence-corrected chi connectivity index (χ2v) is 22.7. The highest BCUT2D eigenvalue weighted by atomic mass is 28.3. The molecule has 0 radical (unpaired) electrons. The summed E-state index contributed by atoms with van der Waals surface area (Å²) in [6.07, 6.45) is 25.1. The second-order valence-electron chi connectivity index (χ2n) is 17.9. The fourth-order valence-electron chi connectivity index (χ4n) is 10.3. The van der Waals surface area contributed by atoms with Crippen molar-refractivity contribution in [1.29, 1.82) is 0 Å². The average molecular weight is 735 g/mol. The first-order chi connectivity index (χ1) is 24.9. The molecule has 0 unspecified atom stereocenters. The summed E-state index contributed by atoms with van der Waals surface area (Å²) in [6, 6.07) is 5.69. The molecule has 0 heterocycles. The van der Waals surface area contributed by atoms with Crippen LogP contribution in [0.25, 0.3) is 0 Å². The van der Waals surface area contributed by atoms with Crippen LogP contribution >= 0.6 is 0 Å². The third-order valence-corrected chi connectivity index (χ3v) is 17.0. The van der Waals surface area contributed by atoms with Gasteiger partial charge < -0.3 is 14.6 Å². The van der Waals surface area contributed by atoms with E-state index in [2.05, 4.69) is 45.3 Å². The zero-order valence-corrected chi connectivity index (χ0v) is 34.9. The van der Waals surface area contributed by atoms with Crippen LogP contribution in [0.5, 0.6) is 0 Å². The van der Waals surface area contributed by atoms with Gasteiger partial charge in [-0.05, 0) is 142 Å². The van der Waals surface area contributed by atoms with Crippen molar-refractivity contribution in [2.24, 2.45) is 29.6 Å². The molecule has 52 heavy (non-hydrogen) atoms. The number of benzene rings is 1. The van der Waals surface area contributed by atoms with Crippen LogP contribution in [0.1, 0.15) is 165 Å². The van der Waals surface area contributed by atoms with Crippen LogP contribution in [0.3, 0.4) is 0 Å². The fourth-order valence-corrected chi connectivity index (χ4v) is 13.7. The molecule has 1 N–H and O–H groups in total. The quantitative estimate of drug-likeness (QED) is 0.0663. The largest absolute Gasteiger partial charge is 0.457 e. The van der Waals surface area contributed by atoms with Gasteiger partial charge >= 0.3 is 11.9 Å². The summed E-state index contributed by atoms with van der Waals surface area (Å²) in [5, 5.41) is 10.6. The van der Waals surface area contributed by atoms with Crippen LogP contribution < -0.4 is 5.19 Å². The summed E-state index contributed by atoms with van der Waals surface area (Å²) >= 11 is 0. The monoisotopic (exact) mass is 735 g/mol. The molecule has 4 rings (SSSR count). The molecule has 0 bridgehead atoms. The van der Waals surface area contributed by atoms with Crippen LogP contribution in [0, 0.1) is 29.6 Å². The van der Waals surface area contributed by atoms with Crippen LogP contribution in [0.15, 0.2) is 36.4 Å².